The molecule has 5 nitrogen and oxygen atoms in total. The van der Waals surface area contributed by atoms with Crippen LogP contribution in [0.25, 0.3) is 0 Å². The molecule has 0 fully saturated rings. The quantitative estimate of drug-likeness (QED) is 0.891. The average Bonchev–Trinajstić information content (AvgIpc) is 3.07. The van der Waals surface area contributed by atoms with Crippen LogP contribution in [-0.4, -0.2) is 41.2 Å². The van der Waals surface area contributed by atoms with Crippen molar-refractivity contribution >= 4 is 17.2 Å². The summed E-state index contributed by atoms with van der Waals surface area (Å²) < 4.78 is 1.74. The van der Waals surface area contributed by atoms with Gasteiger partial charge in [0.1, 0.15) is 5.69 Å². The monoisotopic (exact) mass is 306 g/mol. The molecule has 114 valence electrons. The maximum absolute atomic E-state index is 12.3. The van der Waals surface area contributed by atoms with Gasteiger partial charge in [0.15, 0.2) is 0 Å². The number of aromatic nitrogens is 2. The van der Waals surface area contributed by atoms with Crippen molar-refractivity contribution in [3.8, 4) is 0 Å². The number of rotatable bonds is 6. The summed E-state index contributed by atoms with van der Waals surface area (Å²) in [4.78, 5) is 15.7. The van der Waals surface area contributed by atoms with Gasteiger partial charge >= 0.3 is 0 Å². The zero-order valence-electron chi connectivity index (χ0n) is 13.0. The maximum Gasteiger partial charge on any atom is 0.269 e. The Morgan fingerprint density at radius 1 is 1.52 bits per heavy atom. The molecule has 0 spiro atoms. The number of aryl methyl sites for hydroxylation is 2. The lowest BCUT2D eigenvalue weighted by Gasteiger charge is -2.23. The fourth-order valence-corrected chi connectivity index (χ4v) is 3.19. The third-order valence-electron chi connectivity index (χ3n) is 3.39. The molecule has 1 N–H and O–H groups in total. The second-order valence-corrected chi connectivity index (χ2v) is 6.17. The largest absolute Gasteiger partial charge is 0.349 e. The first kappa shape index (κ1) is 15.7. The van der Waals surface area contributed by atoms with E-state index in [0.29, 0.717) is 18.8 Å². The standard InChI is InChI=1S/C15H22N4OS/c1-5-19-12(9-11(2)17-19)15(20)16-10-13(18(3)4)14-7-6-8-21-14/h6-9,13H,5,10H2,1-4H3,(H,16,20). The normalized spacial score (nSPS) is 12.6. The van der Waals surface area contributed by atoms with Gasteiger partial charge in [-0.15, -0.1) is 11.3 Å². The van der Waals surface area contributed by atoms with Gasteiger partial charge < -0.3 is 10.2 Å². The van der Waals surface area contributed by atoms with E-state index in [4.69, 9.17) is 0 Å². The molecule has 1 unspecified atom stereocenters. The third kappa shape index (κ3) is 3.71. The van der Waals surface area contributed by atoms with Crippen LogP contribution in [0.2, 0.25) is 0 Å². The van der Waals surface area contributed by atoms with Gasteiger partial charge in [-0.1, -0.05) is 6.07 Å². The van der Waals surface area contributed by atoms with E-state index in [-0.39, 0.29) is 11.9 Å². The molecule has 2 aromatic rings. The Bertz CT molecular complexity index is 589. The van der Waals surface area contributed by atoms with Gasteiger partial charge in [-0.25, -0.2) is 0 Å². The molecule has 0 radical (unpaired) electrons. The van der Waals surface area contributed by atoms with Crippen LogP contribution in [-0.2, 0) is 6.54 Å². The number of carbonyl (C=O) groups excluding carboxylic acids is 1. The fraction of sp³-hybridized carbons (Fsp3) is 0.467. The van der Waals surface area contributed by atoms with Gasteiger partial charge in [-0.3, -0.25) is 9.48 Å². The highest BCUT2D eigenvalue weighted by Gasteiger charge is 2.18. The van der Waals surface area contributed by atoms with Crippen molar-refractivity contribution in [2.45, 2.75) is 26.4 Å². The first-order valence-electron chi connectivity index (χ1n) is 7.05. The van der Waals surface area contributed by atoms with E-state index in [1.54, 1.807) is 16.0 Å². The Balaban J connectivity index is 2.05. The molecule has 0 aromatic carbocycles. The number of hydrogen-bond donors (Lipinski definition) is 1. The SMILES string of the molecule is CCn1nc(C)cc1C(=O)NCC(c1cccs1)N(C)C. The van der Waals surface area contributed by atoms with E-state index in [1.165, 1.54) is 4.88 Å². The Kier molecular flexibility index (Phi) is 5.14. The topological polar surface area (TPSA) is 50.2 Å². The van der Waals surface area contributed by atoms with E-state index < -0.39 is 0 Å². The minimum Gasteiger partial charge on any atom is -0.349 e. The molecular formula is C15H22N4OS. The highest BCUT2D eigenvalue weighted by molar-refractivity contribution is 7.10. The smallest absolute Gasteiger partial charge is 0.269 e. The van der Waals surface area contributed by atoms with E-state index in [1.807, 2.05) is 40.1 Å². The molecule has 0 bridgehead atoms. The van der Waals surface area contributed by atoms with Gasteiger partial charge in [0.05, 0.1) is 11.7 Å². The summed E-state index contributed by atoms with van der Waals surface area (Å²) in [6.07, 6.45) is 0. The summed E-state index contributed by atoms with van der Waals surface area (Å²) in [6, 6.07) is 6.15. The number of thiophene rings is 1. The van der Waals surface area contributed by atoms with Crippen LogP contribution in [0, 0.1) is 6.92 Å². The summed E-state index contributed by atoms with van der Waals surface area (Å²) in [5, 5.41) is 9.39. The molecule has 6 heteroatoms. The van der Waals surface area contributed by atoms with Gasteiger partial charge in [0.2, 0.25) is 0 Å². The Hall–Kier alpha value is -1.66. The molecule has 2 rings (SSSR count). The number of nitrogens with zero attached hydrogens (tertiary/aromatic N) is 3. The van der Waals surface area contributed by atoms with Crippen molar-refractivity contribution in [1.82, 2.24) is 20.0 Å². The van der Waals surface area contributed by atoms with Gasteiger partial charge in [0, 0.05) is 18.0 Å². The highest BCUT2D eigenvalue weighted by Crippen LogP contribution is 2.22. The van der Waals surface area contributed by atoms with Crippen molar-refractivity contribution in [2.75, 3.05) is 20.6 Å². The third-order valence-corrected chi connectivity index (χ3v) is 4.36. The second kappa shape index (κ2) is 6.87. The first-order valence-corrected chi connectivity index (χ1v) is 7.93. The average molecular weight is 306 g/mol. The lowest BCUT2D eigenvalue weighted by atomic mass is 10.2. The first-order chi connectivity index (χ1) is 10.0. The number of likely N-dealkylation sites (N-methyl/N-ethyl adjacent to an activating group) is 1. The van der Waals surface area contributed by atoms with Crippen molar-refractivity contribution in [2.24, 2.45) is 0 Å². The predicted molar refractivity (Wildman–Crippen MR) is 85.7 cm³/mol. The maximum atomic E-state index is 12.3. The Morgan fingerprint density at radius 3 is 2.86 bits per heavy atom. The molecule has 0 aliphatic rings. The minimum absolute atomic E-state index is 0.0687. The van der Waals surface area contributed by atoms with Crippen LogP contribution in [0.1, 0.15) is 34.0 Å². The fourth-order valence-electron chi connectivity index (χ4n) is 2.27. The summed E-state index contributed by atoms with van der Waals surface area (Å²) in [5.74, 6) is -0.0687. The molecule has 0 aliphatic carbocycles. The highest BCUT2D eigenvalue weighted by atomic mass is 32.1. The molecule has 0 saturated heterocycles. The molecule has 21 heavy (non-hydrogen) atoms. The predicted octanol–water partition coefficient (Wildman–Crippen LogP) is 2.31. The second-order valence-electron chi connectivity index (χ2n) is 5.19. The van der Waals surface area contributed by atoms with E-state index in [9.17, 15) is 4.79 Å². The van der Waals surface area contributed by atoms with Crippen LogP contribution >= 0.6 is 11.3 Å². The molecule has 2 heterocycles. The lowest BCUT2D eigenvalue weighted by Crippen LogP contribution is -2.35. The van der Waals surface area contributed by atoms with Crippen molar-refractivity contribution < 1.29 is 4.79 Å². The zero-order chi connectivity index (χ0) is 15.4. The van der Waals surface area contributed by atoms with E-state index >= 15 is 0 Å². The molecule has 0 aliphatic heterocycles. The number of nitrogens with one attached hydrogen (secondary N) is 1. The molecule has 0 saturated carbocycles. The van der Waals surface area contributed by atoms with Crippen molar-refractivity contribution in [3.05, 3.63) is 39.8 Å². The Labute approximate surface area is 129 Å². The van der Waals surface area contributed by atoms with Crippen LogP contribution < -0.4 is 5.32 Å². The van der Waals surface area contributed by atoms with Crippen LogP contribution in [0.4, 0.5) is 0 Å². The number of hydrogen-bond acceptors (Lipinski definition) is 4. The van der Waals surface area contributed by atoms with Crippen molar-refractivity contribution in [3.63, 3.8) is 0 Å². The summed E-state index contributed by atoms with van der Waals surface area (Å²) >= 11 is 1.71. The number of carbonyl (C=O) groups is 1. The Morgan fingerprint density at radius 2 is 2.29 bits per heavy atom. The summed E-state index contributed by atoms with van der Waals surface area (Å²) in [6.45, 7) is 5.16. The summed E-state index contributed by atoms with van der Waals surface area (Å²) in [7, 11) is 4.05. The van der Waals surface area contributed by atoms with Gasteiger partial charge in [-0.05, 0) is 45.5 Å². The van der Waals surface area contributed by atoms with Gasteiger partial charge in [-0.2, -0.15) is 5.10 Å². The van der Waals surface area contributed by atoms with Gasteiger partial charge in [0.25, 0.3) is 5.91 Å². The van der Waals surface area contributed by atoms with Crippen molar-refractivity contribution in [1.29, 1.82) is 0 Å². The zero-order valence-corrected chi connectivity index (χ0v) is 13.8. The molecule has 1 amide bonds. The molecular weight excluding hydrogens is 284 g/mol. The number of amides is 1. The summed E-state index contributed by atoms with van der Waals surface area (Å²) in [5.41, 5.74) is 1.49. The van der Waals surface area contributed by atoms with Crippen LogP contribution in [0.5, 0.6) is 0 Å². The molecule has 2 aromatic heterocycles. The lowest BCUT2D eigenvalue weighted by molar-refractivity contribution is 0.0931. The minimum atomic E-state index is -0.0687. The van der Waals surface area contributed by atoms with E-state index in [2.05, 4.69) is 26.8 Å². The van der Waals surface area contributed by atoms with Crippen LogP contribution in [0.15, 0.2) is 23.6 Å². The van der Waals surface area contributed by atoms with Crippen LogP contribution in [0.3, 0.4) is 0 Å². The molecule has 1 atom stereocenters. The van der Waals surface area contributed by atoms with E-state index in [0.717, 1.165) is 5.69 Å².